The Morgan fingerprint density at radius 3 is 2.12 bits per heavy atom. The van der Waals surface area contributed by atoms with E-state index < -0.39 is 0 Å². The van der Waals surface area contributed by atoms with Crippen LogP contribution in [0.1, 0.15) is 26.7 Å². The highest BCUT2D eigenvalue weighted by molar-refractivity contribution is 5.90. The lowest BCUT2D eigenvalue weighted by Crippen LogP contribution is -2.31. The summed E-state index contributed by atoms with van der Waals surface area (Å²) in [6, 6.07) is 0. The molecule has 2 nitrogen and oxygen atoms in total. The van der Waals surface area contributed by atoms with Gasteiger partial charge < -0.3 is 5.21 Å². The zero-order valence-electron chi connectivity index (χ0n) is 5.31. The molecule has 0 atom stereocenters. The third kappa shape index (κ3) is 0.831. The van der Waals surface area contributed by atoms with Crippen molar-refractivity contribution in [2.45, 2.75) is 26.7 Å². The van der Waals surface area contributed by atoms with Crippen molar-refractivity contribution >= 4 is 5.71 Å². The van der Waals surface area contributed by atoms with Crippen LogP contribution in [0.25, 0.3) is 0 Å². The van der Waals surface area contributed by atoms with E-state index in [1.54, 1.807) is 0 Å². The molecule has 0 aromatic rings. The van der Waals surface area contributed by atoms with Gasteiger partial charge in [0.1, 0.15) is 0 Å². The molecule has 1 aliphatic rings. The molecule has 2 heteroatoms. The van der Waals surface area contributed by atoms with Crippen molar-refractivity contribution in [2.75, 3.05) is 0 Å². The first-order chi connectivity index (χ1) is 3.64. The molecular formula is C6H11NO. The summed E-state index contributed by atoms with van der Waals surface area (Å²) in [5.74, 6) is 0. The van der Waals surface area contributed by atoms with E-state index in [0.29, 0.717) is 5.41 Å². The Morgan fingerprint density at radius 2 is 2.00 bits per heavy atom. The average Bonchev–Trinajstić information content (AvgIpc) is 1.60. The molecule has 0 bridgehead atoms. The van der Waals surface area contributed by atoms with Gasteiger partial charge in [-0.1, -0.05) is 19.0 Å². The van der Waals surface area contributed by atoms with E-state index in [1.165, 1.54) is 0 Å². The number of rotatable bonds is 0. The molecule has 0 radical (unpaired) electrons. The Morgan fingerprint density at radius 1 is 1.50 bits per heavy atom. The van der Waals surface area contributed by atoms with Gasteiger partial charge in [-0.15, -0.1) is 0 Å². The van der Waals surface area contributed by atoms with E-state index in [2.05, 4.69) is 19.0 Å². The first-order valence-corrected chi connectivity index (χ1v) is 2.84. The third-order valence-electron chi connectivity index (χ3n) is 1.51. The zero-order chi connectivity index (χ0) is 6.20. The van der Waals surface area contributed by atoms with E-state index in [1.807, 2.05) is 0 Å². The van der Waals surface area contributed by atoms with Crippen LogP contribution >= 0.6 is 0 Å². The van der Waals surface area contributed by atoms with Gasteiger partial charge in [-0.2, -0.15) is 0 Å². The van der Waals surface area contributed by atoms with Gasteiger partial charge in [-0.3, -0.25) is 0 Å². The summed E-state index contributed by atoms with van der Waals surface area (Å²) in [5, 5.41) is 11.3. The van der Waals surface area contributed by atoms with E-state index in [0.717, 1.165) is 18.6 Å². The highest BCUT2D eigenvalue weighted by atomic mass is 16.4. The van der Waals surface area contributed by atoms with E-state index in [4.69, 9.17) is 5.21 Å². The molecule has 0 aromatic carbocycles. The Balaban J connectivity index is 2.43. The molecule has 0 heterocycles. The zero-order valence-corrected chi connectivity index (χ0v) is 5.31. The minimum atomic E-state index is 0.404. The van der Waals surface area contributed by atoms with Gasteiger partial charge >= 0.3 is 0 Å². The summed E-state index contributed by atoms with van der Waals surface area (Å²) in [6.07, 6.45) is 1.92. The second-order valence-electron chi connectivity index (χ2n) is 3.18. The summed E-state index contributed by atoms with van der Waals surface area (Å²) in [6.45, 7) is 4.34. The topological polar surface area (TPSA) is 32.6 Å². The fourth-order valence-electron chi connectivity index (χ4n) is 1.12. The lowest BCUT2D eigenvalue weighted by Gasteiger charge is -2.34. The van der Waals surface area contributed by atoms with E-state index >= 15 is 0 Å². The molecule has 46 valence electrons. The standard InChI is InChI=1S/C6H11NO/c1-6(2)3-5(4-6)7-8/h8H,3-4H2,1-2H3. The van der Waals surface area contributed by atoms with Crippen LogP contribution in [0.4, 0.5) is 0 Å². The van der Waals surface area contributed by atoms with Crippen LogP contribution in [-0.4, -0.2) is 10.9 Å². The Hall–Kier alpha value is -0.530. The minimum absolute atomic E-state index is 0.404. The molecule has 1 saturated carbocycles. The van der Waals surface area contributed by atoms with Gasteiger partial charge in [-0.25, -0.2) is 0 Å². The Kier molecular flexibility index (Phi) is 1.03. The maximum atomic E-state index is 8.21. The van der Waals surface area contributed by atoms with Crippen molar-refractivity contribution < 1.29 is 5.21 Å². The quantitative estimate of drug-likeness (QED) is 0.376. The first kappa shape index (κ1) is 5.60. The number of oxime groups is 1. The normalized spacial score (nSPS) is 24.5. The van der Waals surface area contributed by atoms with Crippen LogP contribution in [0.3, 0.4) is 0 Å². The predicted octanol–water partition coefficient (Wildman–Crippen LogP) is 1.64. The summed E-state index contributed by atoms with van der Waals surface area (Å²) in [4.78, 5) is 0. The molecule has 1 N–H and O–H groups in total. The summed E-state index contributed by atoms with van der Waals surface area (Å²) in [5.41, 5.74) is 1.34. The van der Waals surface area contributed by atoms with Crippen LogP contribution < -0.4 is 0 Å². The van der Waals surface area contributed by atoms with Crippen LogP contribution in [0.2, 0.25) is 0 Å². The molecule has 0 aliphatic heterocycles. The minimum Gasteiger partial charge on any atom is -0.411 e. The molecule has 0 aromatic heterocycles. The SMILES string of the molecule is CC1(C)CC(=NO)C1. The molecular weight excluding hydrogens is 102 g/mol. The van der Waals surface area contributed by atoms with Crippen LogP contribution in [0, 0.1) is 5.41 Å². The smallest absolute Gasteiger partial charge is 0.0581 e. The molecule has 1 rings (SSSR count). The Labute approximate surface area is 49.2 Å². The van der Waals surface area contributed by atoms with Crippen molar-refractivity contribution in [3.05, 3.63) is 0 Å². The lowest BCUT2D eigenvalue weighted by molar-refractivity contribution is 0.278. The highest BCUT2D eigenvalue weighted by Crippen LogP contribution is 2.36. The van der Waals surface area contributed by atoms with Gasteiger partial charge in [0, 0.05) is 0 Å². The number of hydrogen-bond donors (Lipinski definition) is 1. The molecule has 0 unspecified atom stereocenters. The van der Waals surface area contributed by atoms with Gasteiger partial charge in [0.2, 0.25) is 0 Å². The van der Waals surface area contributed by atoms with Gasteiger partial charge in [0.25, 0.3) is 0 Å². The first-order valence-electron chi connectivity index (χ1n) is 2.84. The monoisotopic (exact) mass is 113 g/mol. The second kappa shape index (κ2) is 1.47. The van der Waals surface area contributed by atoms with Crippen molar-refractivity contribution in [2.24, 2.45) is 10.6 Å². The van der Waals surface area contributed by atoms with E-state index in [9.17, 15) is 0 Å². The van der Waals surface area contributed by atoms with Crippen LogP contribution in [0.5, 0.6) is 0 Å². The largest absolute Gasteiger partial charge is 0.411 e. The molecule has 0 amide bonds. The maximum Gasteiger partial charge on any atom is 0.0581 e. The summed E-state index contributed by atoms with van der Waals surface area (Å²) >= 11 is 0. The molecule has 8 heavy (non-hydrogen) atoms. The van der Waals surface area contributed by atoms with Crippen molar-refractivity contribution in [3.8, 4) is 0 Å². The average molecular weight is 113 g/mol. The van der Waals surface area contributed by atoms with Gasteiger partial charge in [-0.05, 0) is 18.3 Å². The van der Waals surface area contributed by atoms with E-state index in [-0.39, 0.29) is 0 Å². The van der Waals surface area contributed by atoms with Crippen LogP contribution in [-0.2, 0) is 0 Å². The molecule has 0 spiro atoms. The fraction of sp³-hybridized carbons (Fsp3) is 0.833. The van der Waals surface area contributed by atoms with Gasteiger partial charge in [0.05, 0.1) is 5.71 Å². The maximum absolute atomic E-state index is 8.21. The Bertz CT molecular complexity index is 116. The number of nitrogens with zero attached hydrogens (tertiary/aromatic N) is 1. The molecule has 1 aliphatic carbocycles. The van der Waals surface area contributed by atoms with Crippen LogP contribution in [0.15, 0.2) is 5.16 Å². The summed E-state index contributed by atoms with van der Waals surface area (Å²) < 4.78 is 0. The molecule has 1 fully saturated rings. The van der Waals surface area contributed by atoms with Crippen molar-refractivity contribution in [3.63, 3.8) is 0 Å². The summed E-state index contributed by atoms with van der Waals surface area (Å²) in [7, 11) is 0. The van der Waals surface area contributed by atoms with Gasteiger partial charge in [0.15, 0.2) is 0 Å². The van der Waals surface area contributed by atoms with Crippen molar-refractivity contribution in [1.82, 2.24) is 0 Å². The predicted molar refractivity (Wildman–Crippen MR) is 32.2 cm³/mol. The lowest BCUT2D eigenvalue weighted by atomic mass is 9.71. The highest BCUT2D eigenvalue weighted by Gasteiger charge is 2.32. The number of hydrogen-bond acceptors (Lipinski definition) is 2. The third-order valence-corrected chi connectivity index (χ3v) is 1.51. The van der Waals surface area contributed by atoms with Crippen molar-refractivity contribution in [1.29, 1.82) is 0 Å². The second-order valence-corrected chi connectivity index (χ2v) is 3.18. The molecule has 0 saturated heterocycles. The fourth-order valence-corrected chi connectivity index (χ4v) is 1.12.